The molecule has 26 heavy (non-hydrogen) atoms. The normalized spacial score (nSPS) is 10.3. The Bertz CT molecular complexity index is 851. The van der Waals surface area contributed by atoms with E-state index in [9.17, 15) is 4.79 Å². The SMILES string of the molecule is COc1cccc(OCC(=O)NCCn2ccnc2-c2ncccn2)c1. The first-order valence-corrected chi connectivity index (χ1v) is 8.08. The maximum atomic E-state index is 11.9. The second-order valence-corrected chi connectivity index (χ2v) is 5.33. The summed E-state index contributed by atoms with van der Waals surface area (Å²) in [7, 11) is 1.58. The van der Waals surface area contributed by atoms with E-state index in [0.717, 1.165) is 0 Å². The fraction of sp³-hybridized carbons (Fsp3) is 0.222. The van der Waals surface area contributed by atoms with Crippen molar-refractivity contribution in [3.8, 4) is 23.1 Å². The van der Waals surface area contributed by atoms with Crippen LogP contribution in [0.5, 0.6) is 11.5 Å². The third-order valence-electron chi connectivity index (χ3n) is 3.57. The molecular weight excluding hydrogens is 334 g/mol. The van der Waals surface area contributed by atoms with Gasteiger partial charge in [0.2, 0.25) is 0 Å². The first-order valence-electron chi connectivity index (χ1n) is 8.08. The second kappa shape index (κ2) is 8.61. The minimum Gasteiger partial charge on any atom is -0.497 e. The first-order chi connectivity index (χ1) is 12.8. The van der Waals surface area contributed by atoms with Crippen molar-refractivity contribution in [2.75, 3.05) is 20.3 Å². The number of nitrogens with zero attached hydrogens (tertiary/aromatic N) is 4. The molecule has 0 fully saturated rings. The maximum absolute atomic E-state index is 11.9. The smallest absolute Gasteiger partial charge is 0.258 e. The summed E-state index contributed by atoms with van der Waals surface area (Å²) in [5.74, 6) is 2.26. The van der Waals surface area contributed by atoms with Gasteiger partial charge >= 0.3 is 0 Å². The summed E-state index contributed by atoms with van der Waals surface area (Å²) in [6, 6.07) is 8.86. The van der Waals surface area contributed by atoms with Gasteiger partial charge in [0.05, 0.1) is 7.11 Å². The van der Waals surface area contributed by atoms with E-state index in [2.05, 4.69) is 20.3 Å². The lowest BCUT2D eigenvalue weighted by Crippen LogP contribution is -2.31. The topological polar surface area (TPSA) is 91.2 Å². The fourth-order valence-corrected chi connectivity index (χ4v) is 2.32. The van der Waals surface area contributed by atoms with Crippen molar-refractivity contribution < 1.29 is 14.3 Å². The van der Waals surface area contributed by atoms with Gasteiger partial charge in [-0.1, -0.05) is 6.07 Å². The van der Waals surface area contributed by atoms with Crippen molar-refractivity contribution in [1.29, 1.82) is 0 Å². The number of benzene rings is 1. The Kier molecular flexibility index (Phi) is 5.76. The molecule has 8 heteroatoms. The summed E-state index contributed by atoms with van der Waals surface area (Å²) < 4.78 is 12.5. The van der Waals surface area contributed by atoms with E-state index in [4.69, 9.17) is 9.47 Å². The molecule has 1 aromatic carbocycles. The van der Waals surface area contributed by atoms with Crippen molar-refractivity contribution in [2.45, 2.75) is 6.54 Å². The maximum Gasteiger partial charge on any atom is 0.258 e. The molecule has 1 amide bonds. The number of amides is 1. The van der Waals surface area contributed by atoms with Crippen molar-refractivity contribution in [2.24, 2.45) is 0 Å². The largest absolute Gasteiger partial charge is 0.497 e. The molecule has 8 nitrogen and oxygen atoms in total. The molecule has 0 aliphatic rings. The van der Waals surface area contributed by atoms with Gasteiger partial charge in [0.1, 0.15) is 11.5 Å². The van der Waals surface area contributed by atoms with Crippen LogP contribution in [-0.4, -0.2) is 45.7 Å². The predicted octanol–water partition coefficient (Wildman–Crippen LogP) is 1.54. The molecule has 0 spiro atoms. The molecule has 0 atom stereocenters. The van der Waals surface area contributed by atoms with Crippen LogP contribution in [0.15, 0.2) is 55.1 Å². The van der Waals surface area contributed by atoms with Gasteiger partial charge in [-0.2, -0.15) is 0 Å². The summed E-state index contributed by atoms with van der Waals surface area (Å²) >= 11 is 0. The van der Waals surface area contributed by atoms with Gasteiger partial charge in [-0.25, -0.2) is 15.0 Å². The van der Waals surface area contributed by atoms with Crippen molar-refractivity contribution in [1.82, 2.24) is 24.8 Å². The second-order valence-electron chi connectivity index (χ2n) is 5.33. The van der Waals surface area contributed by atoms with Crippen LogP contribution in [0.25, 0.3) is 11.6 Å². The van der Waals surface area contributed by atoms with Crippen LogP contribution in [0, 0.1) is 0 Å². The van der Waals surface area contributed by atoms with Crippen molar-refractivity contribution in [3.63, 3.8) is 0 Å². The van der Waals surface area contributed by atoms with E-state index in [0.29, 0.717) is 36.2 Å². The number of imidazole rings is 1. The van der Waals surface area contributed by atoms with Gasteiger partial charge < -0.3 is 19.4 Å². The van der Waals surface area contributed by atoms with Crippen LogP contribution >= 0.6 is 0 Å². The van der Waals surface area contributed by atoms with Crippen LogP contribution in [-0.2, 0) is 11.3 Å². The minimum absolute atomic E-state index is 0.0637. The molecule has 0 aliphatic carbocycles. The Morgan fingerprint density at radius 1 is 1.12 bits per heavy atom. The molecule has 0 aliphatic heterocycles. The summed E-state index contributed by atoms with van der Waals surface area (Å²) in [6.45, 7) is 0.931. The number of carbonyl (C=O) groups excluding carboxylic acids is 1. The number of hydrogen-bond acceptors (Lipinski definition) is 6. The molecule has 2 aromatic heterocycles. The van der Waals surface area contributed by atoms with Crippen LogP contribution in [0.1, 0.15) is 0 Å². The first kappa shape index (κ1) is 17.4. The summed E-state index contributed by atoms with van der Waals surface area (Å²) in [4.78, 5) is 24.6. The Morgan fingerprint density at radius 2 is 1.92 bits per heavy atom. The number of rotatable bonds is 8. The van der Waals surface area contributed by atoms with Gasteiger partial charge in [0, 0.05) is 43.9 Å². The highest BCUT2D eigenvalue weighted by Crippen LogP contribution is 2.18. The fourth-order valence-electron chi connectivity index (χ4n) is 2.32. The lowest BCUT2D eigenvalue weighted by Gasteiger charge is -2.10. The van der Waals surface area contributed by atoms with E-state index >= 15 is 0 Å². The molecule has 0 saturated carbocycles. The van der Waals surface area contributed by atoms with Crippen LogP contribution < -0.4 is 14.8 Å². The van der Waals surface area contributed by atoms with Gasteiger partial charge in [0.25, 0.3) is 5.91 Å². The van der Waals surface area contributed by atoms with E-state index in [1.165, 1.54) is 0 Å². The zero-order valence-electron chi connectivity index (χ0n) is 14.3. The predicted molar refractivity (Wildman–Crippen MR) is 94.8 cm³/mol. The third-order valence-corrected chi connectivity index (χ3v) is 3.57. The zero-order chi connectivity index (χ0) is 18.2. The highest BCUT2D eigenvalue weighted by Gasteiger charge is 2.09. The highest BCUT2D eigenvalue weighted by atomic mass is 16.5. The number of carbonyl (C=O) groups is 1. The Morgan fingerprint density at radius 3 is 2.73 bits per heavy atom. The molecule has 0 bridgehead atoms. The number of ether oxygens (including phenoxy) is 2. The van der Waals surface area contributed by atoms with Gasteiger partial charge in [-0.05, 0) is 18.2 Å². The number of hydrogen-bond donors (Lipinski definition) is 1. The summed E-state index contributed by atoms with van der Waals surface area (Å²) in [6.07, 6.45) is 6.84. The average molecular weight is 353 g/mol. The molecule has 134 valence electrons. The van der Waals surface area contributed by atoms with Gasteiger partial charge in [0.15, 0.2) is 18.3 Å². The quantitative estimate of drug-likeness (QED) is 0.661. The van der Waals surface area contributed by atoms with Crippen LogP contribution in [0.4, 0.5) is 0 Å². The lowest BCUT2D eigenvalue weighted by atomic mass is 10.3. The van der Waals surface area contributed by atoms with E-state index in [-0.39, 0.29) is 12.5 Å². The lowest BCUT2D eigenvalue weighted by molar-refractivity contribution is -0.123. The average Bonchev–Trinajstić information content (AvgIpc) is 3.16. The monoisotopic (exact) mass is 353 g/mol. The summed E-state index contributed by atoms with van der Waals surface area (Å²) in [5, 5.41) is 2.81. The Labute approximate surface area is 150 Å². The minimum atomic E-state index is -0.203. The van der Waals surface area contributed by atoms with Crippen molar-refractivity contribution >= 4 is 5.91 Å². The molecule has 1 N–H and O–H groups in total. The van der Waals surface area contributed by atoms with E-state index in [1.54, 1.807) is 50.0 Å². The highest BCUT2D eigenvalue weighted by molar-refractivity contribution is 5.77. The van der Waals surface area contributed by atoms with E-state index in [1.807, 2.05) is 16.8 Å². The standard InChI is InChI=1S/C18H19N5O3/c1-25-14-4-2-5-15(12-14)26-13-16(24)19-8-10-23-11-9-22-18(23)17-20-6-3-7-21-17/h2-7,9,11-12H,8,10,13H2,1H3,(H,19,24). The molecule has 3 aromatic rings. The molecule has 3 rings (SSSR count). The van der Waals surface area contributed by atoms with Crippen LogP contribution in [0.3, 0.4) is 0 Å². The summed E-state index contributed by atoms with van der Waals surface area (Å²) in [5.41, 5.74) is 0. The number of aromatic nitrogens is 4. The van der Waals surface area contributed by atoms with Gasteiger partial charge in [-0.15, -0.1) is 0 Å². The molecule has 0 unspecified atom stereocenters. The molecular formula is C18H19N5O3. The number of methoxy groups -OCH3 is 1. The molecule has 0 saturated heterocycles. The Balaban J connectivity index is 1.46. The van der Waals surface area contributed by atoms with Crippen molar-refractivity contribution in [3.05, 3.63) is 55.1 Å². The Hall–Kier alpha value is -3.42. The van der Waals surface area contributed by atoms with Crippen LogP contribution in [0.2, 0.25) is 0 Å². The van der Waals surface area contributed by atoms with Gasteiger partial charge in [-0.3, -0.25) is 4.79 Å². The number of nitrogens with one attached hydrogen (secondary N) is 1. The zero-order valence-corrected chi connectivity index (χ0v) is 14.3. The molecule has 0 radical (unpaired) electrons. The third kappa shape index (κ3) is 4.56. The molecule has 2 heterocycles. The van der Waals surface area contributed by atoms with E-state index < -0.39 is 0 Å².